The first-order valence-electron chi connectivity index (χ1n) is 5.35. The minimum Gasteiger partial charge on any atom is -0.294 e. The van der Waals surface area contributed by atoms with E-state index in [1.54, 1.807) is 17.6 Å². The summed E-state index contributed by atoms with van der Waals surface area (Å²) in [5.41, 5.74) is -0.577. The maximum Gasteiger partial charge on any atom is 0.331 e. The molecule has 0 saturated heterocycles. The lowest BCUT2D eigenvalue weighted by atomic mass is 10.2. The van der Waals surface area contributed by atoms with Crippen LogP contribution in [0.25, 0.3) is 12.7 Å². The summed E-state index contributed by atoms with van der Waals surface area (Å²) < 4.78 is 2.69. The lowest BCUT2D eigenvalue weighted by Crippen LogP contribution is -2.57. The van der Waals surface area contributed by atoms with E-state index in [0.717, 1.165) is 4.57 Å². The third-order valence-corrected chi connectivity index (χ3v) is 2.53. The molecule has 0 amide bonds. The van der Waals surface area contributed by atoms with Crippen molar-refractivity contribution in [3.05, 3.63) is 31.4 Å². The quantitative estimate of drug-likeness (QED) is 0.671. The summed E-state index contributed by atoms with van der Waals surface area (Å²) in [6, 6.07) is 0. The van der Waals surface area contributed by atoms with Crippen LogP contribution in [0.1, 0.15) is 20.8 Å². The van der Waals surface area contributed by atoms with Gasteiger partial charge in [0.05, 0.1) is 10.6 Å². The van der Waals surface area contributed by atoms with Gasteiger partial charge >= 0.3 is 5.69 Å². The summed E-state index contributed by atoms with van der Waals surface area (Å²) in [5, 5.41) is 1.01. The highest BCUT2D eigenvalue weighted by Crippen LogP contribution is 1.91. The molecule has 0 bridgehead atoms. The Morgan fingerprint density at radius 3 is 2.38 bits per heavy atom. The predicted molar refractivity (Wildman–Crippen MR) is 65.7 cm³/mol. The summed E-state index contributed by atoms with van der Waals surface area (Å²) in [5.74, 6) is 0.334. The fraction of sp³-hybridized carbons (Fsp3) is 0.500. The number of rotatable bonds is 2. The Morgan fingerprint density at radius 2 is 1.94 bits per heavy atom. The van der Waals surface area contributed by atoms with Crippen LogP contribution in [-0.4, -0.2) is 9.13 Å². The summed E-state index contributed by atoms with van der Waals surface area (Å²) >= 11 is 0. The molecule has 1 aromatic rings. The van der Waals surface area contributed by atoms with Gasteiger partial charge in [0.1, 0.15) is 0 Å². The van der Waals surface area contributed by atoms with E-state index >= 15 is 0 Å². The Balaban J connectivity index is 3.78. The molecule has 16 heavy (non-hydrogen) atoms. The van der Waals surface area contributed by atoms with Gasteiger partial charge in [0.25, 0.3) is 5.56 Å². The van der Waals surface area contributed by atoms with Gasteiger partial charge in [-0.05, 0) is 12.8 Å². The second kappa shape index (κ2) is 4.51. The second-order valence-corrected chi connectivity index (χ2v) is 4.30. The Bertz CT molecular complexity index is 606. The molecular weight excluding hydrogens is 204 g/mol. The smallest absolute Gasteiger partial charge is 0.294 e. The molecule has 0 saturated carbocycles. The zero-order valence-corrected chi connectivity index (χ0v) is 10.3. The van der Waals surface area contributed by atoms with Crippen molar-refractivity contribution in [2.45, 2.75) is 27.3 Å². The van der Waals surface area contributed by atoms with Crippen LogP contribution >= 0.6 is 0 Å². The molecule has 1 rings (SSSR count). The van der Waals surface area contributed by atoms with Crippen LogP contribution in [-0.2, 0) is 13.6 Å². The zero-order chi connectivity index (χ0) is 12.5. The third-order valence-electron chi connectivity index (χ3n) is 2.53. The molecular formula is C12H18N2O2. The maximum absolute atomic E-state index is 11.9. The largest absolute Gasteiger partial charge is 0.331 e. The van der Waals surface area contributed by atoms with Gasteiger partial charge in [-0.2, -0.15) is 0 Å². The summed E-state index contributed by atoms with van der Waals surface area (Å²) in [6.07, 6.45) is 1.70. The Hall–Kier alpha value is -1.58. The highest BCUT2D eigenvalue weighted by atomic mass is 16.2. The average molecular weight is 222 g/mol. The van der Waals surface area contributed by atoms with Crippen molar-refractivity contribution in [1.29, 1.82) is 0 Å². The first-order chi connectivity index (χ1) is 7.40. The molecule has 0 spiro atoms. The van der Waals surface area contributed by atoms with Gasteiger partial charge in [0, 0.05) is 13.6 Å². The van der Waals surface area contributed by atoms with E-state index in [0.29, 0.717) is 23.0 Å². The van der Waals surface area contributed by atoms with Crippen molar-refractivity contribution < 1.29 is 0 Å². The van der Waals surface area contributed by atoms with E-state index in [4.69, 9.17) is 0 Å². The Kier molecular flexibility index (Phi) is 3.52. The maximum atomic E-state index is 11.9. The van der Waals surface area contributed by atoms with Crippen molar-refractivity contribution in [1.82, 2.24) is 9.13 Å². The Morgan fingerprint density at radius 1 is 1.38 bits per heavy atom. The van der Waals surface area contributed by atoms with Crippen molar-refractivity contribution in [2.24, 2.45) is 13.0 Å². The third kappa shape index (κ3) is 2.01. The van der Waals surface area contributed by atoms with Crippen LogP contribution in [0.15, 0.2) is 9.59 Å². The lowest BCUT2D eigenvalue weighted by Gasteiger charge is -2.11. The van der Waals surface area contributed by atoms with Crippen LogP contribution in [0, 0.1) is 5.92 Å². The van der Waals surface area contributed by atoms with E-state index in [2.05, 4.69) is 6.58 Å². The van der Waals surface area contributed by atoms with Crippen molar-refractivity contribution >= 4 is 12.7 Å². The average Bonchev–Trinajstić information content (AvgIpc) is 2.22. The fourth-order valence-electron chi connectivity index (χ4n) is 1.68. The monoisotopic (exact) mass is 222 g/mol. The Labute approximate surface area is 94.2 Å². The van der Waals surface area contributed by atoms with Crippen LogP contribution in [0.5, 0.6) is 0 Å². The molecule has 0 aromatic carbocycles. The van der Waals surface area contributed by atoms with Gasteiger partial charge in [-0.1, -0.05) is 26.5 Å². The molecule has 1 heterocycles. The van der Waals surface area contributed by atoms with E-state index in [1.807, 2.05) is 13.8 Å². The van der Waals surface area contributed by atoms with Gasteiger partial charge in [-0.15, -0.1) is 0 Å². The molecule has 0 fully saturated rings. The lowest BCUT2D eigenvalue weighted by molar-refractivity contribution is 0.475. The molecule has 0 aliphatic rings. The highest BCUT2D eigenvalue weighted by Gasteiger charge is 2.07. The van der Waals surface area contributed by atoms with E-state index < -0.39 is 0 Å². The fourth-order valence-corrected chi connectivity index (χ4v) is 1.68. The summed E-state index contributed by atoms with van der Waals surface area (Å²) in [4.78, 5) is 23.6. The van der Waals surface area contributed by atoms with Crippen LogP contribution in [0.2, 0.25) is 0 Å². The van der Waals surface area contributed by atoms with Gasteiger partial charge < -0.3 is 0 Å². The molecule has 88 valence electrons. The van der Waals surface area contributed by atoms with E-state index in [9.17, 15) is 9.59 Å². The predicted octanol–water partition coefficient (Wildman–Crippen LogP) is -0.586. The highest BCUT2D eigenvalue weighted by molar-refractivity contribution is 5.19. The first kappa shape index (κ1) is 12.5. The number of aromatic nitrogens is 2. The molecule has 0 radical (unpaired) electrons. The van der Waals surface area contributed by atoms with Gasteiger partial charge in [-0.25, -0.2) is 4.79 Å². The minimum absolute atomic E-state index is 0.280. The van der Waals surface area contributed by atoms with Gasteiger partial charge in [0.2, 0.25) is 0 Å². The normalized spacial score (nSPS) is 12.4. The molecule has 4 heteroatoms. The number of nitrogens with zero attached hydrogens (tertiary/aromatic N) is 2. The van der Waals surface area contributed by atoms with Gasteiger partial charge in [0.15, 0.2) is 0 Å². The van der Waals surface area contributed by atoms with Crippen LogP contribution < -0.4 is 21.8 Å². The van der Waals surface area contributed by atoms with Crippen LogP contribution in [0.4, 0.5) is 0 Å². The molecule has 4 nitrogen and oxygen atoms in total. The standard InChI is InChI=1S/C12H18N2O2/c1-6-10-9(4)14(7-8(2)3)12(16)13(5)11(10)15/h6,8H,4,7H2,1-3,5H3. The molecule has 0 unspecified atom stereocenters. The first-order valence-corrected chi connectivity index (χ1v) is 5.35. The molecule has 0 N–H and O–H groups in total. The van der Waals surface area contributed by atoms with Crippen molar-refractivity contribution in [2.75, 3.05) is 0 Å². The molecule has 0 atom stereocenters. The van der Waals surface area contributed by atoms with Crippen LogP contribution in [0.3, 0.4) is 0 Å². The van der Waals surface area contributed by atoms with Crippen molar-refractivity contribution in [3.8, 4) is 0 Å². The van der Waals surface area contributed by atoms with E-state index in [1.165, 1.54) is 7.05 Å². The SMILES string of the molecule is C=c1c(=CC)c(=O)n(C)c(=O)n1CC(C)C. The zero-order valence-electron chi connectivity index (χ0n) is 10.3. The van der Waals surface area contributed by atoms with E-state index in [-0.39, 0.29) is 11.2 Å². The summed E-state index contributed by atoms with van der Waals surface area (Å²) in [7, 11) is 1.49. The molecule has 0 aliphatic heterocycles. The van der Waals surface area contributed by atoms with Crippen molar-refractivity contribution in [3.63, 3.8) is 0 Å². The topological polar surface area (TPSA) is 44.0 Å². The minimum atomic E-state index is -0.297. The number of hydrogen-bond donors (Lipinski definition) is 0. The summed E-state index contributed by atoms with van der Waals surface area (Å²) in [6.45, 7) is 10.2. The molecule has 0 aliphatic carbocycles. The van der Waals surface area contributed by atoms with Gasteiger partial charge in [-0.3, -0.25) is 13.9 Å². The number of hydrogen-bond acceptors (Lipinski definition) is 2. The second-order valence-electron chi connectivity index (χ2n) is 4.30. The molecule has 1 aromatic heterocycles.